The van der Waals surface area contributed by atoms with Crippen molar-refractivity contribution >= 4 is 49.9 Å². The fraction of sp³-hybridized carbons (Fsp3) is 0.286. The molecule has 0 unspecified atom stereocenters. The fourth-order valence-corrected chi connectivity index (χ4v) is 4.53. The van der Waals surface area contributed by atoms with Crippen molar-refractivity contribution in [1.82, 2.24) is 15.7 Å². The van der Waals surface area contributed by atoms with E-state index in [1.54, 1.807) is 0 Å². The van der Waals surface area contributed by atoms with Crippen molar-refractivity contribution in [2.45, 2.75) is 32.1 Å². The summed E-state index contributed by atoms with van der Waals surface area (Å²) in [5.74, 6) is -1.94. The SMILES string of the molecule is CNC(=O)c1cc(NC(C)(C)C(=O)Nc2nc3c(C(F)(F)F)cc4c(c3s2)CNN4)ccc1F. The average Bonchev–Trinajstić information content (AvgIpc) is 3.39. The van der Waals surface area contributed by atoms with Crippen LogP contribution >= 0.6 is 11.3 Å². The highest BCUT2D eigenvalue weighted by atomic mass is 32.1. The van der Waals surface area contributed by atoms with Gasteiger partial charge in [0, 0.05) is 24.8 Å². The Hall–Kier alpha value is -3.45. The van der Waals surface area contributed by atoms with Gasteiger partial charge in [0.1, 0.15) is 11.4 Å². The van der Waals surface area contributed by atoms with Gasteiger partial charge in [-0.3, -0.25) is 14.9 Å². The smallest absolute Gasteiger partial charge is 0.372 e. The minimum Gasteiger partial charge on any atom is -0.372 e. The Balaban J connectivity index is 1.61. The monoisotopic (exact) mass is 496 g/mol. The van der Waals surface area contributed by atoms with Gasteiger partial charge in [0.05, 0.1) is 27.0 Å². The molecule has 1 aliphatic heterocycles. The summed E-state index contributed by atoms with van der Waals surface area (Å²) in [5, 5.41) is 7.82. The summed E-state index contributed by atoms with van der Waals surface area (Å²) >= 11 is 0.942. The number of hydrazine groups is 1. The van der Waals surface area contributed by atoms with Crippen LogP contribution in [-0.4, -0.2) is 29.4 Å². The van der Waals surface area contributed by atoms with Crippen LogP contribution in [0.25, 0.3) is 10.2 Å². The first-order valence-corrected chi connectivity index (χ1v) is 10.9. The molecule has 3 aromatic rings. The molecule has 0 bridgehead atoms. The van der Waals surface area contributed by atoms with Crippen LogP contribution in [0.1, 0.15) is 35.3 Å². The highest BCUT2D eigenvalue weighted by molar-refractivity contribution is 7.22. The molecule has 34 heavy (non-hydrogen) atoms. The van der Waals surface area contributed by atoms with Gasteiger partial charge in [-0.05, 0) is 38.1 Å². The fourth-order valence-electron chi connectivity index (χ4n) is 3.50. The van der Waals surface area contributed by atoms with E-state index in [2.05, 4.69) is 31.8 Å². The summed E-state index contributed by atoms with van der Waals surface area (Å²) in [6, 6.07) is 4.72. The maximum absolute atomic E-state index is 13.9. The lowest BCUT2D eigenvalue weighted by atomic mass is 10.0. The number of benzene rings is 2. The Morgan fingerprint density at radius 1 is 1.18 bits per heavy atom. The van der Waals surface area contributed by atoms with Crippen molar-refractivity contribution in [3.63, 3.8) is 0 Å². The number of carbonyl (C=O) groups is 2. The van der Waals surface area contributed by atoms with Gasteiger partial charge in [0.15, 0.2) is 5.13 Å². The molecule has 1 aromatic heterocycles. The molecule has 8 nitrogen and oxygen atoms in total. The van der Waals surface area contributed by atoms with Gasteiger partial charge in [-0.2, -0.15) is 13.2 Å². The minimum atomic E-state index is -4.63. The van der Waals surface area contributed by atoms with Crippen LogP contribution in [0.15, 0.2) is 24.3 Å². The molecular weight excluding hydrogens is 476 g/mol. The van der Waals surface area contributed by atoms with E-state index in [0.29, 0.717) is 28.2 Å². The highest BCUT2D eigenvalue weighted by Gasteiger charge is 2.37. The normalized spacial score (nSPS) is 13.4. The van der Waals surface area contributed by atoms with Crippen LogP contribution < -0.4 is 26.8 Å². The van der Waals surface area contributed by atoms with Gasteiger partial charge in [-0.25, -0.2) is 14.8 Å². The van der Waals surface area contributed by atoms with Crippen LogP contribution in [0.4, 0.5) is 34.1 Å². The molecule has 0 saturated carbocycles. The first-order valence-electron chi connectivity index (χ1n) is 10.0. The summed E-state index contributed by atoms with van der Waals surface area (Å²) in [6.45, 7) is 3.38. The van der Waals surface area contributed by atoms with Crippen molar-refractivity contribution < 1.29 is 27.2 Å². The number of anilines is 3. The molecule has 0 radical (unpaired) electrons. The number of nitrogens with zero attached hydrogens (tertiary/aromatic N) is 1. The molecule has 5 N–H and O–H groups in total. The number of thiazole rings is 1. The van der Waals surface area contributed by atoms with Gasteiger partial charge in [0.25, 0.3) is 11.8 Å². The maximum atomic E-state index is 13.9. The molecule has 13 heteroatoms. The molecule has 0 spiro atoms. The molecule has 2 amide bonds. The molecule has 1 aliphatic rings. The van der Waals surface area contributed by atoms with Crippen molar-refractivity contribution in [3.8, 4) is 0 Å². The third kappa shape index (κ3) is 4.35. The van der Waals surface area contributed by atoms with Crippen LogP contribution in [0.2, 0.25) is 0 Å². The van der Waals surface area contributed by atoms with E-state index in [4.69, 9.17) is 0 Å². The molecule has 0 atom stereocenters. The minimum absolute atomic E-state index is 0.00540. The van der Waals surface area contributed by atoms with Crippen LogP contribution in [0, 0.1) is 5.82 Å². The quantitative estimate of drug-likeness (QED) is 0.341. The van der Waals surface area contributed by atoms with Gasteiger partial charge in [-0.1, -0.05) is 11.3 Å². The number of hydrogen-bond donors (Lipinski definition) is 5. The van der Waals surface area contributed by atoms with Gasteiger partial charge >= 0.3 is 6.18 Å². The third-order valence-corrected chi connectivity index (χ3v) is 6.28. The standard InChI is InChI=1S/C21H20F4N6O2S/c1-20(2,30-9-4-5-13(22)10(6-9)17(32)26-3)18(33)29-19-28-15-12(21(23,24)25)7-14-11(8-27-31-14)16(15)34-19/h4-7,27,30-31H,8H2,1-3H3,(H,26,32)(H,28,29,33). The molecule has 2 heterocycles. The molecule has 180 valence electrons. The number of nitrogens with one attached hydrogen (secondary N) is 5. The Labute approximate surface area is 195 Å². The molecule has 4 rings (SSSR count). The van der Waals surface area contributed by atoms with E-state index in [0.717, 1.165) is 23.5 Å². The number of fused-ring (bicyclic) bond motifs is 3. The molecule has 2 aromatic carbocycles. The summed E-state index contributed by atoms with van der Waals surface area (Å²) in [4.78, 5) is 28.9. The first kappa shape index (κ1) is 23.7. The van der Waals surface area contributed by atoms with Crippen LogP contribution in [0.5, 0.6) is 0 Å². The number of carbonyl (C=O) groups excluding carboxylic acids is 2. The number of amides is 2. The largest absolute Gasteiger partial charge is 0.418 e. The summed E-state index contributed by atoms with van der Waals surface area (Å²) < 4.78 is 55.0. The van der Waals surface area contributed by atoms with E-state index in [9.17, 15) is 27.2 Å². The van der Waals surface area contributed by atoms with Crippen molar-refractivity contribution in [3.05, 3.63) is 46.8 Å². The van der Waals surface area contributed by atoms with E-state index >= 15 is 0 Å². The Morgan fingerprint density at radius 2 is 1.91 bits per heavy atom. The number of aromatic nitrogens is 1. The summed E-state index contributed by atoms with van der Waals surface area (Å²) in [5.41, 5.74) is 4.11. The molecule has 0 fully saturated rings. The highest BCUT2D eigenvalue weighted by Crippen LogP contribution is 2.43. The zero-order valence-corrected chi connectivity index (χ0v) is 19.0. The zero-order chi connectivity index (χ0) is 24.8. The van der Waals surface area contributed by atoms with Gasteiger partial charge < -0.3 is 16.1 Å². The second-order valence-electron chi connectivity index (χ2n) is 8.10. The van der Waals surface area contributed by atoms with Crippen LogP contribution in [0.3, 0.4) is 0 Å². The van der Waals surface area contributed by atoms with E-state index in [1.165, 1.54) is 33.0 Å². The number of rotatable bonds is 5. The van der Waals surface area contributed by atoms with E-state index < -0.39 is 34.9 Å². The van der Waals surface area contributed by atoms with Gasteiger partial charge in [0.2, 0.25) is 0 Å². The number of hydrogen-bond acceptors (Lipinski definition) is 7. The van der Waals surface area contributed by atoms with Crippen LogP contribution in [-0.2, 0) is 17.5 Å². The Morgan fingerprint density at radius 3 is 2.59 bits per heavy atom. The van der Waals surface area contributed by atoms with E-state index in [-0.39, 0.29) is 16.2 Å². The lowest BCUT2D eigenvalue weighted by Crippen LogP contribution is -2.44. The molecular formula is C21H20F4N6O2S. The average molecular weight is 496 g/mol. The molecule has 0 saturated heterocycles. The first-order chi connectivity index (χ1) is 15.9. The maximum Gasteiger partial charge on any atom is 0.418 e. The van der Waals surface area contributed by atoms with Gasteiger partial charge in [-0.15, -0.1) is 0 Å². The lowest BCUT2D eigenvalue weighted by molar-refractivity contribution is -0.136. The van der Waals surface area contributed by atoms with Crippen molar-refractivity contribution in [1.29, 1.82) is 0 Å². The van der Waals surface area contributed by atoms with Crippen molar-refractivity contribution in [2.24, 2.45) is 0 Å². The number of alkyl halides is 3. The lowest BCUT2D eigenvalue weighted by Gasteiger charge is -2.26. The predicted molar refractivity (Wildman–Crippen MR) is 121 cm³/mol. The number of halogens is 4. The zero-order valence-electron chi connectivity index (χ0n) is 18.2. The third-order valence-electron chi connectivity index (χ3n) is 5.25. The van der Waals surface area contributed by atoms with Crippen molar-refractivity contribution in [2.75, 3.05) is 23.1 Å². The second kappa shape index (κ2) is 8.40. The summed E-state index contributed by atoms with van der Waals surface area (Å²) in [7, 11) is 1.36. The second-order valence-corrected chi connectivity index (χ2v) is 9.10. The topological polar surface area (TPSA) is 107 Å². The van der Waals surface area contributed by atoms with E-state index in [1.807, 2.05) is 0 Å². The molecule has 0 aliphatic carbocycles. The predicted octanol–water partition coefficient (Wildman–Crippen LogP) is 4.07. The Kier molecular flexibility index (Phi) is 5.85. The Bertz CT molecular complexity index is 1300. The summed E-state index contributed by atoms with van der Waals surface area (Å²) in [6.07, 6.45) is -4.63.